The molecule has 0 aliphatic rings. The number of nitrogens with zero attached hydrogens (tertiary/aromatic N) is 4. The molecule has 0 atom stereocenters. The summed E-state index contributed by atoms with van der Waals surface area (Å²) in [6.45, 7) is 5.98. The van der Waals surface area contributed by atoms with E-state index < -0.39 is 0 Å². The third-order valence-electron chi connectivity index (χ3n) is 2.12. The van der Waals surface area contributed by atoms with Gasteiger partial charge in [0.05, 0.1) is 0 Å². The van der Waals surface area contributed by atoms with E-state index >= 15 is 0 Å². The maximum atomic E-state index is 5.67. The Bertz CT molecular complexity index is 347. The van der Waals surface area contributed by atoms with Crippen LogP contribution in [0.2, 0.25) is 0 Å². The molecule has 0 radical (unpaired) electrons. The second-order valence-corrected chi connectivity index (χ2v) is 5.33. The molecule has 1 aromatic heterocycles. The van der Waals surface area contributed by atoms with Gasteiger partial charge in [-0.05, 0) is 20.1 Å². The summed E-state index contributed by atoms with van der Waals surface area (Å²) in [4.78, 5) is 15.4. The summed E-state index contributed by atoms with van der Waals surface area (Å²) in [6.07, 6.45) is 1.97. The molecular weight excluding hydrogens is 276 g/mol. The molecule has 0 aliphatic heterocycles. The fourth-order valence-electron chi connectivity index (χ4n) is 1.26. The minimum atomic E-state index is 0.603. The molecule has 1 aromatic rings. The van der Waals surface area contributed by atoms with E-state index in [2.05, 4.69) is 33.7 Å². The van der Waals surface area contributed by atoms with E-state index in [-0.39, 0.29) is 0 Å². The highest BCUT2D eigenvalue weighted by molar-refractivity contribution is 7.99. The lowest BCUT2D eigenvalue weighted by atomic mass is 10.5. The maximum absolute atomic E-state index is 5.67. The number of halogens is 1. The van der Waals surface area contributed by atoms with Crippen molar-refractivity contribution in [1.82, 2.24) is 15.0 Å². The van der Waals surface area contributed by atoms with Crippen LogP contribution in [-0.4, -0.2) is 45.9 Å². The molecule has 17 heavy (non-hydrogen) atoms. The van der Waals surface area contributed by atoms with E-state index in [1.807, 2.05) is 6.26 Å². The van der Waals surface area contributed by atoms with Crippen molar-refractivity contribution in [1.29, 1.82) is 0 Å². The van der Waals surface area contributed by atoms with Crippen LogP contribution < -0.4 is 4.90 Å². The predicted molar refractivity (Wildman–Crippen MR) is 76.6 cm³/mol. The summed E-state index contributed by atoms with van der Waals surface area (Å²) in [5.41, 5.74) is 0. The van der Waals surface area contributed by atoms with Gasteiger partial charge in [0.25, 0.3) is 0 Å². The first-order valence-corrected chi connectivity index (χ1v) is 8.23. The molecule has 4 nitrogen and oxygen atoms in total. The second-order valence-electron chi connectivity index (χ2n) is 3.11. The van der Waals surface area contributed by atoms with Crippen molar-refractivity contribution in [3.63, 3.8) is 0 Å². The summed E-state index contributed by atoms with van der Waals surface area (Å²) in [7, 11) is 0. The summed E-state index contributed by atoms with van der Waals surface area (Å²) >= 11 is 8.78. The zero-order chi connectivity index (χ0) is 12.7. The van der Waals surface area contributed by atoms with Gasteiger partial charge in [-0.15, -0.1) is 11.6 Å². The fourth-order valence-corrected chi connectivity index (χ4v) is 2.46. The minimum absolute atomic E-state index is 0.603. The lowest BCUT2D eigenvalue weighted by Gasteiger charge is -2.18. The number of hydrogen-bond donors (Lipinski definition) is 0. The number of hydrogen-bond acceptors (Lipinski definition) is 6. The Balaban J connectivity index is 2.95. The zero-order valence-electron chi connectivity index (χ0n) is 10.3. The number of rotatable bonds is 7. The van der Waals surface area contributed by atoms with E-state index in [9.17, 15) is 0 Å². The van der Waals surface area contributed by atoms with Crippen LogP contribution >= 0.6 is 35.1 Å². The van der Waals surface area contributed by atoms with Crippen molar-refractivity contribution in [3.05, 3.63) is 0 Å². The molecule has 0 N–H and O–H groups in total. The Hall–Kier alpha value is -0.200. The third kappa shape index (κ3) is 4.52. The smallest absolute Gasteiger partial charge is 0.230 e. The highest BCUT2D eigenvalue weighted by atomic mass is 35.5. The molecule has 0 aromatic carbocycles. The van der Waals surface area contributed by atoms with Crippen molar-refractivity contribution in [2.75, 3.05) is 35.9 Å². The van der Waals surface area contributed by atoms with Crippen LogP contribution in [0.25, 0.3) is 0 Å². The van der Waals surface area contributed by atoms with Gasteiger partial charge in [0.1, 0.15) is 0 Å². The number of alkyl halides is 1. The molecule has 0 spiro atoms. The normalized spacial score (nSPS) is 10.6. The minimum Gasteiger partial charge on any atom is -0.341 e. The van der Waals surface area contributed by atoms with Crippen molar-refractivity contribution >= 4 is 41.1 Å². The Morgan fingerprint density at radius 3 is 2.29 bits per heavy atom. The van der Waals surface area contributed by atoms with Gasteiger partial charge in [-0.2, -0.15) is 15.0 Å². The summed E-state index contributed by atoms with van der Waals surface area (Å²) in [5.74, 6) is 2.18. The van der Waals surface area contributed by atoms with Crippen LogP contribution in [0.3, 0.4) is 0 Å². The third-order valence-corrected chi connectivity index (χ3v) is 3.93. The topological polar surface area (TPSA) is 41.9 Å². The first kappa shape index (κ1) is 14.9. The van der Waals surface area contributed by atoms with E-state index in [4.69, 9.17) is 11.6 Å². The fraction of sp³-hybridized carbons (Fsp3) is 0.700. The van der Waals surface area contributed by atoms with Gasteiger partial charge in [0.15, 0.2) is 10.3 Å². The number of thioether (sulfide) groups is 2. The van der Waals surface area contributed by atoms with Crippen LogP contribution in [0.1, 0.15) is 13.8 Å². The molecule has 0 aliphatic carbocycles. The van der Waals surface area contributed by atoms with Crippen molar-refractivity contribution in [3.8, 4) is 0 Å². The van der Waals surface area contributed by atoms with E-state index in [0.717, 1.165) is 35.1 Å². The molecule has 0 saturated heterocycles. The van der Waals surface area contributed by atoms with Gasteiger partial charge >= 0.3 is 0 Å². The Morgan fingerprint density at radius 2 is 1.76 bits per heavy atom. The average Bonchev–Trinajstić information content (AvgIpc) is 2.37. The van der Waals surface area contributed by atoms with Crippen LogP contribution in [-0.2, 0) is 0 Å². The standard InChI is InChI=1S/C10H17ClN4S2/c1-4-15(5-2)8-12-9(16-3)14-10(13-8)17-7-6-11/h4-7H2,1-3H3. The Labute approximate surface area is 116 Å². The van der Waals surface area contributed by atoms with Crippen LogP contribution in [0, 0.1) is 0 Å². The van der Waals surface area contributed by atoms with Crippen LogP contribution in [0.4, 0.5) is 5.95 Å². The number of anilines is 1. The molecule has 0 amide bonds. The second kappa shape index (κ2) is 8.00. The highest BCUT2D eigenvalue weighted by Gasteiger charge is 2.10. The van der Waals surface area contributed by atoms with Crippen molar-refractivity contribution in [2.24, 2.45) is 0 Å². The molecule has 0 bridgehead atoms. The molecule has 0 saturated carbocycles. The van der Waals surface area contributed by atoms with Gasteiger partial charge in [0.2, 0.25) is 5.95 Å². The van der Waals surface area contributed by atoms with Crippen molar-refractivity contribution in [2.45, 2.75) is 24.2 Å². The monoisotopic (exact) mass is 292 g/mol. The van der Waals surface area contributed by atoms with Gasteiger partial charge < -0.3 is 4.90 Å². The summed E-state index contributed by atoms with van der Waals surface area (Å²) in [5, 5.41) is 1.52. The molecule has 1 rings (SSSR count). The van der Waals surface area contributed by atoms with Crippen molar-refractivity contribution < 1.29 is 0 Å². The van der Waals surface area contributed by atoms with Gasteiger partial charge in [-0.25, -0.2) is 0 Å². The maximum Gasteiger partial charge on any atom is 0.230 e. The molecule has 1 heterocycles. The Morgan fingerprint density at radius 1 is 1.12 bits per heavy atom. The first-order chi connectivity index (χ1) is 8.24. The van der Waals surface area contributed by atoms with Gasteiger partial charge in [-0.1, -0.05) is 23.5 Å². The lowest BCUT2D eigenvalue weighted by molar-refractivity contribution is 0.737. The average molecular weight is 293 g/mol. The Kier molecular flexibility index (Phi) is 6.99. The van der Waals surface area contributed by atoms with E-state index in [1.54, 1.807) is 11.8 Å². The molecule has 0 unspecified atom stereocenters. The lowest BCUT2D eigenvalue weighted by Crippen LogP contribution is -2.24. The highest BCUT2D eigenvalue weighted by Crippen LogP contribution is 2.20. The SMILES string of the molecule is CCN(CC)c1nc(SC)nc(SCCCl)n1. The quantitative estimate of drug-likeness (QED) is 0.569. The van der Waals surface area contributed by atoms with Crippen LogP contribution in [0.5, 0.6) is 0 Å². The molecular formula is C10H17ClN4S2. The summed E-state index contributed by atoms with van der Waals surface area (Å²) in [6, 6.07) is 0. The van der Waals surface area contributed by atoms with Gasteiger partial charge in [0, 0.05) is 24.7 Å². The van der Waals surface area contributed by atoms with Gasteiger partial charge in [-0.3, -0.25) is 0 Å². The van der Waals surface area contributed by atoms with Crippen LogP contribution in [0.15, 0.2) is 10.3 Å². The summed E-state index contributed by atoms with van der Waals surface area (Å²) < 4.78 is 0. The largest absolute Gasteiger partial charge is 0.341 e. The molecule has 7 heteroatoms. The zero-order valence-corrected chi connectivity index (χ0v) is 12.7. The predicted octanol–water partition coefficient (Wildman–Crippen LogP) is 2.77. The van der Waals surface area contributed by atoms with E-state index in [1.165, 1.54) is 11.8 Å². The number of aromatic nitrogens is 3. The molecule has 96 valence electrons. The van der Waals surface area contributed by atoms with E-state index in [0.29, 0.717) is 5.88 Å². The molecule has 0 fully saturated rings. The first-order valence-electron chi connectivity index (χ1n) is 5.48.